The first-order valence-corrected chi connectivity index (χ1v) is 8.95. The Morgan fingerprint density at radius 3 is 2.41 bits per heavy atom. The summed E-state index contributed by atoms with van der Waals surface area (Å²) in [6, 6.07) is 8.44. The maximum Gasteiger partial charge on any atom is 0.0843 e. The van der Waals surface area contributed by atoms with E-state index in [0.717, 1.165) is 12.7 Å². The van der Waals surface area contributed by atoms with E-state index in [9.17, 15) is 0 Å². The largest absolute Gasteiger partial charge is 0.131 e. The van der Waals surface area contributed by atoms with Gasteiger partial charge in [-0.2, -0.15) is 0 Å². The van der Waals surface area contributed by atoms with Crippen molar-refractivity contribution in [3.63, 3.8) is 0 Å². The summed E-state index contributed by atoms with van der Waals surface area (Å²) in [5.41, 5.74) is 2.57. The smallest absolute Gasteiger partial charge is 0.0843 e. The molecule has 0 aliphatic rings. The molecule has 0 saturated carbocycles. The molecule has 0 amide bonds. The molecular weight excluding hydrogens is 496 g/mol. The first kappa shape index (κ1) is 14.3. The summed E-state index contributed by atoms with van der Waals surface area (Å²) >= 11 is 16.1. The summed E-state index contributed by atoms with van der Waals surface area (Å²) in [6.07, 6.45) is 0. The number of hydrogen-bond donors (Lipinski definition) is 0. The third-order valence-electron chi connectivity index (χ3n) is 2.50. The molecule has 0 bridgehead atoms. The van der Waals surface area contributed by atoms with Crippen molar-refractivity contribution < 1.29 is 0 Å². The zero-order chi connectivity index (χ0) is 12.6. The van der Waals surface area contributed by atoms with Gasteiger partial charge in [0.05, 0.1) is 8.61 Å². The zero-order valence-corrected chi connectivity index (χ0v) is 16.0. The maximum absolute atomic E-state index is 3.77. The number of hydrogen-bond acceptors (Lipinski definition) is 1. The number of halogens is 4. The molecule has 0 nitrogen and oxygen atoms in total. The zero-order valence-electron chi connectivity index (χ0n) is 8.81. The van der Waals surface area contributed by atoms with Crippen molar-refractivity contribution in [2.24, 2.45) is 0 Å². The van der Waals surface area contributed by atoms with Gasteiger partial charge in [-0.15, -0.1) is 11.3 Å². The molecule has 0 saturated heterocycles. The fourth-order valence-electron chi connectivity index (χ4n) is 1.54. The predicted octanol–water partition coefficient (Wildman–Crippen LogP) is 6.83. The standard InChI is InChI=1S/C12H8Br4S/c1-6-7(3-2-4-8(6)13)11(15)10-5-9(14)12(16)17-10/h2-5,11H,1H3. The van der Waals surface area contributed by atoms with Crippen LogP contribution in [0.4, 0.5) is 0 Å². The molecule has 90 valence electrons. The lowest BCUT2D eigenvalue weighted by Crippen LogP contribution is -1.93. The van der Waals surface area contributed by atoms with Gasteiger partial charge < -0.3 is 0 Å². The van der Waals surface area contributed by atoms with E-state index in [1.807, 2.05) is 0 Å². The minimum Gasteiger partial charge on any atom is -0.131 e. The highest BCUT2D eigenvalue weighted by Crippen LogP contribution is 2.42. The molecule has 17 heavy (non-hydrogen) atoms. The molecule has 1 unspecified atom stereocenters. The average Bonchev–Trinajstić information content (AvgIpc) is 2.62. The quantitative estimate of drug-likeness (QED) is 0.394. The topological polar surface area (TPSA) is 0 Å². The molecule has 5 heteroatoms. The summed E-state index contributed by atoms with van der Waals surface area (Å²) in [5, 5.41) is 0. The molecule has 1 heterocycles. The van der Waals surface area contributed by atoms with Gasteiger partial charge in [-0.3, -0.25) is 0 Å². The lowest BCUT2D eigenvalue weighted by molar-refractivity contribution is 1.17. The SMILES string of the molecule is Cc1c(Br)cccc1C(Br)c1cc(Br)c(Br)s1. The van der Waals surface area contributed by atoms with Crippen molar-refractivity contribution in [2.75, 3.05) is 0 Å². The minimum absolute atomic E-state index is 0.229. The number of alkyl halides is 1. The van der Waals surface area contributed by atoms with Crippen molar-refractivity contribution >= 4 is 75.1 Å². The highest BCUT2D eigenvalue weighted by Gasteiger charge is 2.17. The Bertz CT molecular complexity index is 528. The highest BCUT2D eigenvalue weighted by atomic mass is 79.9. The van der Waals surface area contributed by atoms with Gasteiger partial charge in [-0.1, -0.05) is 44.0 Å². The van der Waals surface area contributed by atoms with Crippen LogP contribution in [0.25, 0.3) is 0 Å². The first-order valence-electron chi connectivity index (χ1n) is 4.84. The monoisotopic (exact) mass is 500 g/mol. The van der Waals surface area contributed by atoms with E-state index in [1.54, 1.807) is 11.3 Å². The number of rotatable bonds is 2. The predicted molar refractivity (Wildman–Crippen MR) is 89.4 cm³/mol. The average molecular weight is 504 g/mol. The summed E-state index contributed by atoms with van der Waals surface area (Å²) < 4.78 is 3.38. The normalized spacial score (nSPS) is 12.8. The Labute approximate surface area is 138 Å². The van der Waals surface area contributed by atoms with Crippen molar-refractivity contribution in [3.8, 4) is 0 Å². The molecule has 0 spiro atoms. The van der Waals surface area contributed by atoms with Crippen molar-refractivity contribution in [3.05, 3.63) is 53.0 Å². The summed E-state index contributed by atoms with van der Waals surface area (Å²) in [6.45, 7) is 2.13. The summed E-state index contributed by atoms with van der Waals surface area (Å²) in [7, 11) is 0. The second-order valence-electron chi connectivity index (χ2n) is 3.59. The van der Waals surface area contributed by atoms with Gasteiger partial charge in [-0.05, 0) is 62.0 Å². The van der Waals surface area contributed by atoms with Gasteiger partial charge in [0.25, 0.3) is 0 Å². The van der Waals surface area contributed by atoms with Gasteiger partial charge >= 0.3 is 0 Å². The highest BCUT2D eigenvalue weighted by molar-refractivity contribution is 9.13. The van der Waals surface area contributed by atoms with Crippen LogP contribution < -0.4 is 0 Å². The van der Waals surface area contributed by atoms with Crippen LogP contribution in [0.2, 0.25) is 0 Å². The van der Waals surface area contributed by atoms with E-state index in [2.05, 4.69) is 94.9 Å². The van der Waals surface area contributed by atoms with Crippen LogP contribution in [0.15, 0.2) is 37.0 Å². The van der Waals surface area contributed by atoms with Gasteiger partial charge in [-0.25, -0.2) is 0 Å². The van der Waals surface area contributed by atoms with Gasteiger partial charge in [0.1, 0.15) is 0 Å². The van der Waals surface area contributed by atoms with E-state index in [4.69, 9.17) is 0 Å². The Morgan fingerprint density at radius 2 is 1.82 bits per heavy atom. The van der Waals surface area contributed by atoms with E-state index in [0.29, 0.717) is 0 Å². The van der Waals surface area contributed by atoms with Crippen molar-refractivity contribution in [2.45, 2.75) is 11.8 Å². The number of benzene rings is 1. The Hall–Kier alpha value is 0.840. The third-order valence-corrected chi connectivity index (χ3v) is 7.97. The van der Waals surface area contributed by atoms with Crippen LogP contribution in [-0.4, -0.2) is 0 Å². The van der Waals surface area contributed by atoms with E-state index >= 15 is 0 Å². The number of thiophene rings is 1. The Kier molecular flexibility index (Phi) is 4.92. The van der Waals surface area contributed by atoms with Gasteiger partial charge in [0.15, 0.2) is 0 Å². The lowest BCUT2D eigenvalue weighted by Gasteiger charge is -2.12. The van der Waals surface area contributed by atoms with E-state index < -0.39 is 0 Å². The second kappa shape index (κ2) is 5.87. The van der Waals surface area contributed by atoms with Crippen LogP contribution >= 0.6 is 75.1 Å². The molecule has 0 aliphatic carbocycles. The third kappa shape index (κ3) is 3.06. The summed E-state index contributed by atoms with van der Waals surface area (Å²) in [5.74, 6) is 0. The molecule has 0 aliphatic heterocycles. The lowest BCUT2D eigenvalue weighted by atomic mass is 10.1. The van der Waals surface area contributed by atoms with Crippen LogP contribution in [0.5, 0.6) is 0 Å². The van der Waals surface area contributed by atoms with Gasteiger partial charge in [0.2, 0.25) is 0 Å². The molecule has 1 aromatic carbocycles. The molecule has 0 fully saturated rings. The Balaban J connectivity index is 2.43. The molecule has 0 radical (unpaired) electrons. The molecule has 2 aromatic rings. The first-order chi connectivity index (χ1) is 8.00. The molecule has 2 rings (SSSR count). The van der Waals surface area contributed by atoms with Crippen LogP contribution in [-0.2, 0) is 0 Å². The van der Waals surface area contributed by atoms with Crippen molar-refractivity contribution in [1.82, 2.24) is 0 Å². The molecule has 0 N–H and O–H groups in total. The fraction of sp³-hybridized carbons (Fsp3) is 0.167. The van der Waals surface area contributed by atoms with Crippen LogP contribution in [0.1, 0.15) is 20.8 Å². The summed E-state index contributed by atoms with van der Waals surface area (Å²) in [4.78, 5) is 1.51. The second-order valence-corrected chi connectivity index (χ2v) is 8.61. The van der Waals surface area contributed by atoms with Crippen molar-refractivity contribution in [1.29, 1.82) is 0 Å². The molecular formula is C12H8Br4S. The fourth-order valence-corrected chi connectivity index (χ4v) is 4.92. The molecule has 1 atom stereocenters. The van der Waals surface area contributed by atoms with E-state index in [1.165, 1.54) is 16.0 Å². The van der Waals surface area contributed by atoms with E-state index in [-0.39, 0.29) is 4.83 Å². The van der Waals surface area contributed by atoms with Crippen LogP contribution in [0, 0.1) is 6.92 Å². The minimum atomic E-state index is 0.229. The Morgan fingerprint density at radius 1 is 1.12 bits per heavy atom. The maximum atomic E-state index is 3.77. The molecule has 1 aromatic heterocycles. The van der Waals surface area contributed by atoms with Crippen LogP contribution in [0.3, 0.4) is 0 Å². The van der Waals surface area contributed by atoms with Gasteiger partial charge in [0, 0.05) is 13.8 Å².